The Labute approximate surface area is 94.7 Å². The highest BCUT2D eigenvalue weighted by atomic mass is 16.5. The Morgan fingerprint density at radius 3 is 2.40 bits per heavy atom. The van der Waals surface area contributed by atoms with Crippen molar-refractivity contribution in [1.82, 2.24) is 0 Å². The van der Waals surface area contributed by atoms with Crippen molar-refractivity contribution in [2.24, 2.45) is 5.92 Å². The van der Waals surface area contributed by atoms with Crippen molar-refractivity contribution in [1.29, 1.82) is 0 Å². The Hall–Kier alpha value is -0.790. The summed E-state index contributed by atoms with van der Waals surface area (Å²) in [6, 6.07) is 0. The van der Waals surface area contributed by atoms with E-state index in [1.54, 1.807) is 6.92 Å². The summed E-state index contributed by atoms with van der Waals surface area (Å²) in [5, 5.41) is 0. The fourth-order valence-corrected chi connectivity index (χ4v) is 1.21. The minimum atomic E-state index is -0.264. The number of ether oxygens (including phenoxy) is 1. The van der Waals surface area contributed by atoms with Crippen LogP contribution in [0.25, 0.3) is 0 Å². The van der Waals surface area contributed by atoms with Gasteiger partial charge in [-0.25, -0.2) is 4.79 Å². The summed E-state index contributed by atoms with van der Waals surface area (Å²) in [5.74, 6) is 0.248. The van der Waals surface area contributed by atoms with Gasteiger partial charge in [-0.3, -0.25) is 0 Å². The number of carbonyl (C=O) groups is 1. The monoisotopic (exact) mass is 210 g/mol. The summed E-state index contributed by atoms with van der Waals surface area (Å²) in [5.41, 5.74) is 0.482. The summed E-state index contributed by atoms with van der Waals surface area (Å²) in [7, 11) is 0. The topological polar surface area (TPSA) is 26.3 Å². The first kappa shape index (κ1) is 16.6. The number of hydrogen-bond acceptors (Lipinski definition) is 2. The maximum atomic E-state index is 11.1. The third kappa shape index (κ3) is 8.22. The Balaban J connectivity index is 0. The van der Waals surface area contributed by atoms with Gasteiger partial charge in [-0.2, -0.15) is 0 Å². The second-order valence-corrected chi connectivity index (χ2v) is 3.80. The number of carbonyl (C=O) groups excluding carboxylic acids is 1. The van der Waals surface area contributed by atoms with Gasteiger partial charge < -0.3 is 4.74 Å². The molecule has 0 bridgehead atoms. The minimum absolute atomic E-state index is 0. The van der Waals surface area contributed by atoms with Crippen LogP contribution in [0.5, 0.6) is 0 Å². The van der Waals surface area contributed by atoms with E-state index in [2.05, 4.69) is 20.4 Å². The van der Waals surface area contributed by atoms with Gasteiger partial charge in [0.1, 0.15) is 0 Å². The molecule has 0 aliphatic carbocycles. The molecule has 0 amide bonds. The Morgan fingerprint density at radius 2 is 2.00 bits per heavy atom. The Bertz CT molecular complexity index is 185. The van der Waals surface area contributed by atoms with Crippen molar-refractivity contribution in [3.8, 4) is 0 Å². The van der Waals surface area contributed by atoms with Crippen LogP contribution in [0.15, 0.2) is 12.2 Å². The van der Waals surface area contributed by atoms with E-state index in [9.17, 15) is 4.79 Å². The molecule has 0 aromatic heterocycles. The molecule has 0 fully saturated rings. The van der Waals surface area contributed by atoms with Crippen LogP contribution < -0.4 is 0 Å². The molecule has 0 aliphatic rings. The first-order valence-corrected chi connectivity index (χ1v) is 5.44. The van der Waals surface area contributed by atoms with Crippen LogP contribution in [-0.2, 0) is 9.53 Å². The quantitative estimate of drug-likeness (QED) is 0.475. The molecule has 1 unspecified atom stereocenters. The Kier molecular flexibility index (Phi) is 10.8. The molecule has 0 saturated heterocycles. The average Bonchev–Trinajstić information content (AvgIpc) is 2.17. The largest absolute Gasteiger partial charge is 0.462 e. The molecule has 0 spiro atoms. The molecular weight excluding hydrogens is 188 g/mol. The molecule has 0 heterocycles. The van der Waals surface area contributed by atoms with Gasteiger partial charge in [0, 0.05) is 13.0 Å². The normalized spacial score (nSPS) is 11.4. The van der Waals surface area contributed by atoms with Crippen LogP contribution in [0.1, 0.15) is 46.5 Å². The fourth-order valence-electron chi connectivity index (χ4n) is 1.21. The molecule has 0 aromatic carbocycles. The predicted octanol–water partition coefficient (Wildman–Crippen LogP) is 3.40. The van der Waals surface area contributed by atoms with Gasteiger partial charge in [0.2, 0.25) is 0 Å². The van der Waals surface area contributed by atoms with Gasteiger partial charge in [0.25, 0.3) is 0 Å². The highest BCUT2D eigenvalue weighted by molar-refractivity contribution is 5.86. The lowest BCUT2D eigenvalue weighted by atomic mass is 10.0. The molecule has 0 aliphatic heterocycles. The van der Waals surface area contributed by atoms with E-state index in [0.717, 1.165) is 12.8 Å². The van der Waals surface area contributed by atoms with Gasteiger partial charge in [-0.05, 0) is 19.3 Å². The van der Waals surface area contributed by atoms with E-state index in [-0.39, 0.29) is 13.4 Å². The lowest BCUT2D eigenvalue weighted by Crippen LogP contribution is -2.14. The third-order valence-corrected chi connectivity index (χ3v) is 2.34. The average molecular weight is 210 g/mol. The van der Waals surface area contributed by atoms with E-state index in [1.165, 1.54) is 12.8 Å². The Morgan fingerprint density at radius 1 is 1.40 bits per heavy atom. The molecule has 1 atom stereocenters. The van der Waals surface area contributed by atoms with Gasteiger partial charge >= 0.3 is 5.97 Å². The van der Waals surface area contributed by atoms with Gasteiger partial charge in [-0.15, -0.1) is 0 Å². The van der Waals surface area contributed by atoms with Gasteiger partial charge in [-0.1, -0.05) is 39.7 Å². The molecule has 4 radical (unpaired) electrons. The summed E-state index contributed by atoms with van der Waals surface area (Å²) in [4.78, 5) is 11.1. The van der Waals surface area contributed by atoms with E-state index < -0.39 is 0 Å². The summed E-state index contributed by atoms with van der Waals surface area (Å²) >= 11 is 0. The summed E-state index contributed by atoms with van der Waals surface area (Å²) in [6.07, 6.45) is 4.63. The molecular formula is C13H22O2. The molecule has 0 saturated carbocycles. The van der Waals surface area contributed by atoms with Crippen LogP contribution in [0, 0.1) is 13.3 Å². The lowest BCUT2D eigenvalue weighted by molar-refractivity contribution is -0.140. The minimum Gasteiger partial charge on any atom is -0.462 e. The van der Waals surface area contributed by atoms with Crippen molar-refractivity contribution >= 4 is 5.97 Å². The fraction of sp³-hybridized carbons (Fsp3) is 0.692. The maximum Gasteiger partial charge on any atom is 0.333 e. The van der Waals surface area contributed by atoms with Gasteiger partial charge in [0.15, 0.2) is 0 Å². The van der Waals surface area contributed by atoms with Crippen LogP contribution in [0.3, 0.4) is 0 Å². The van der Waals surface area contributed by atoms with Crippen LogP contribution in [0.2, 0.25) is 0 Å². The zero-order chi connectivity index (χ0) is 11.0. The van der Waals surface area contributed by atoms with Gasteiger partial charge in [0.05, 0.1) is 6.61 Å². The SMILES string of the molecule is C=C(C)C(=O)OCC(CC)CCCC.[C]. The van der Waals surface area contributed by atoms with Crippen molar-refractivity contribution in [2.45, 2.75) is 46.5 Å². The highest BCUT2D eigenvalue weighted by Gasteiger charge is 2.09. The van der Waals surface area contributed by atoms with E-state index in [4.69, 9.17) is 4.74 Å². The lowest BCUT2D eigenvalue weighted by Gasteiger charge is -2.14. The standard InChI is InChI=1S/C12H22O2.C/c1-5-7-8-11(6-2)9-14-12(13)10(3)4;/h11H,3,5-9H2,1-2,4H3;. The number of rotatable bonds is 7. The number of esters is 1. The maximum absolute atomic E-state index is 11.1. The molecule has 0 N–H and O–H groups in total. The summed E-state index contributed by atoms with van der Waals surface area (Å²) in [6.45, 7) is 10.1. The smallest absolute Gasteiger partial charge is 0.333 e. The van der Waals surface area contributed by atoms with E-state index >= 15 is 0 Å². The first-order chi connectivity index (χ1) is 6.61. The molecule has 86 valence electrons. The predicted molar refractivity (Wildman–Crippen MR) is 62.3 cm³/mol. The van der Waals surface area contributed by atoms with Crippen LogP contribution in [-0.4, -0.2) is 12.6 Å². The second kappa shape index (κ2) is 9.75. The van der Waals surface area contributed by atoms with Crippen molar-refractivity contribution < 1.29 is 9.53 Å². The van der Waals surface area contributed by atoms with Crippen LogP contribution >= 0.6 is 0 Å². The molecule has 2 nitrogen and oxygen atoms in total. The number of unbranched alkanes of at least 4 members (excludes halogenated alkanes) is 1. The summed E-state index contributed by atoms with van der Waals surface area (Å²) < 4.78 is 5.12. The van der Waals surface area contributed by atoms with Crippen LogP contribution in [0.4, 0.5) is 0 Å². The molecule has 0 rings (SSSR count). The van der Waals surface area contributed by atoms with E-state index in [0.29, 0.717) is 18.1 Å². The zero-order valence-electron chi connectivity index (χ0n) is 10.1. The zero-order valence-corrected chi connectivity index (χ0v) is 10.1. The molecule has 0 aromatic rings. The molecule has 15 heavy (non-hydrogen) atoms. The van der Waals surface area contributed by atoms with Crippen molar-refractivity contribution in [3.63, 3.8) is 0 Å². The second-order valence-electron chi connectivity index (χ2n) is 3.80. The molecule has 2 heteroatoms. The van der Waals surface area contributed by atoms with Crippen molar-refractivity contribution in [2.75, 3.05) is 6.61 Å². The number of hydrogen-bond donors (Lipinski definition) is 0. The van der Waals surface area contributed by atoms with Crippen molar-refractivity contribution in [3.05, 3.63) is 19.6 Å². The first-order valence-electron chi connectivity index (χ1n) is 5.44. The highest BCUT2D eigenvalue weighted by Crippen LogP contribution is 2.13. The van der Waals surface area contributed by atoms with E-state index in [1.807, 2.05) is 0 Å². The third-order valence-electron chi connectivity index (χ3n) is 2.34.